The minimum atomic E-state index is 0.403. The van der Waals surface area contributed by atoms with Crippen LogP contribution in [-0.2, 0) is 6.54 Å². The second-order valence-electron chi connectivity index (χ2n) is 6.14. The maximum atomic E-state index is 6.00. The number of hydrogen-bond acceptors (Lipinski definition) is 5. The molecule has 1 aromatic carbocycles. The second-order valence-corrected chi connectivity index (χ2v) is 7.12. The monoisotopic (exact) mass is 351 g/mol. The molecule has 0 saturated carbocycles. The first kappa shape index (κ1) is 17.3. The van der Waals surface area contributed by atoms with Gasteiger partial charge < -0.3 is 10.3 Å². The van der Waals surface area contributed by atoms with Gasteiger partial charge in [-0.25, -0.2) is 15.0 Å². The number of terminal acetylenes is 1. The fourth-order valence-corrected chi connectivity index (χ4v) is 3.81. The Kier molecular flexibility index (Phi) is 4.95. The van der Waals surface area contributed by atoms with Gasteiger partial charge in [-0.2, -0.15) is 0 Å². The molecule has 2 aliphatic heterocycles. The Morgan fingerprint density at radius 1 is 1.20 bits per heavy atom. The van der Waals surface area contributed by atoms with Crippen LogP contribution in [0.25, 0.3) is 11.5 Å². The van der Waals surface area contributed by atoms with Crippen LogP contribution >= 0.6 is 11.8 Å². The zero-order chi connectivity index (χ0) is 18.0. The van der Waals surface area contributed by atoms with Crippen molar-refractivity contribution >= 4 is 17.6 Å². The molecule has 0 unspecified atom stereocenters. The number of nitrogens with zero attached hydrogens (tertiary/aromatic N) is 4. The number of imidazole rings is 1. The van der Waals surface area contributed by atoms with Crippen molar-refractivity contribution in [3.63, 3.8) is 0 Å². The minimum Gasteiger partial charge on any atom is -0.382 e. The highest BCUT2D eigenvalue weighted by molar-refractivity contribution is 7.99. The fraction of sp³-hybridized carbons (Fsp3) is 0.316. The van der Waals surface area contributed by atoms with Crippen molar-refractivity contribution in [3.8, 4) is 23.9 Å². The summed E-state index contributed by atoms with van der Waals surface area (Å²) >= 11 is 1.57. The number of aromatic nitrogens is 4. The van der Waals surface area contributed by atoms with E-state index in [1.807, 2.05) is 4.57 Å². The summed E-state index contributed by atoms with van der Waals surface area (Å²) in [6, 6.07) is 4.35. The molecule has 0 saturated heterocycles. The molecule has 0 radical (unpaired) electrons. The summed E-state index contributed by atoms with van der Waals surface area (Å²) < 4.78 is 1.97. The summed E-state index contributed by atoms with van der Waals surface area (Å²) in [6.07, 6.45) is 8.63. The Labute approximate surface area is 152 Å². The van der Waals surface area contributed by atoms with Gasteiger partial charge in [0.05, 0.1) is 6.33 Å². The molecule has 0 spiro atoms. The highest BCUT2D eigenvalue weighted by Gasteiger charge is 2.20. The molecule has 6 heteroatoms. The van der Waals surface area contributed by atoms with E-state index in [1.165, 1.54) is 21.6 Å². The third kappa shape index (κ3) is 3.62. The van der Waals surface area contributed by atoms with Crippen molar-refractivity contribution in [3.05, 3.63) is 35.2 Å². The van der Waals surface area contributed by atoms with Crippen LogP contribution < -0.4 is 5.73 Å². The van der Waals surface area contributed by atoms with Crippen LogP contribution in [0.2, 0.25) is 0 Å². The Morgan fingerprint density at radius 2 is 1.92 bits per heavy atom. The van der Waals surface area contributed by atoms with E-state index in [0.29, 0.717) is 16.7 Å². The van der Waals surface area contributed by atoms with Gasteiger partial charge in [0, 0.05) is 17.9 Å². The average molecular weight is 351 g/mol. The molecule has 0 bridgehead atoms. The average Bonchev–Trinajstić information content (AvgIpc) is 2.98. The third-order valence-electron chi connectivity index (χ3n) is 3.99. The summed E-state index contributed by atoms with van der Waals surface area (Å²) in [4.78, 5) is 14.7. The van der Waals surface area contributed by atoms with Crippen molar-refractivity contribution in [2.45, 2.75) is 50.2 Å². The topological polar surface area (TPSA) is 69.6 Å². The van der Waals surface area contributed by atoms with E-state index in [4.69, 9.17) is 17.1 Å². The molecule has 2 aliphatic rings. The van der Waals surface area contributed by atoms with E-state index in [-0.39, 0.29) is 0 Å². The van der Waals surface area contributed by atoms with Crippen molar-refractivity contribution < 1.29 is 0 Å². The number of rotatable bonds is 5. The molecule has 0 atom stereocenters. The van der Waals surface area contributed by atoms with Gasteiger partial charge in [-0.05, 0) is 50.1 Å². The van der Waals surface area contributed by atoms with Gasteiger partial charge in [0.25, 0.3) is 0 Å². The molecule has 25 heavy (non-hydrogen) atoms. The van der Waals surface area contributed by atoms with Gasteiger partial charge in [-0.3, -0.25) is 0 Å². The number of hydrogen-bond donors (Lipinski definition) is 1. The molecule has 0 aromatic heterocycles. The maximum absolute atomic E-state index is 6.00. The zero-order valence-electron chi connectivity index (χ0n) is 14.7. The standard InChI is InChI=1S/C19H21N5S/c1-5-6-7-8-24-11-21-17(20)15-18(24)23-19(22-15)25-16-13(3)9-12(2)10-14(16)4/h1,9-11H,6-8,20H2,2-4H3. The quantitative estimate of drug-likeness (QED) is 0.558. The van der Waals surface area contributed by atoms with Gasteiger partial charge in [0.2, 0.25) is 0 Å². The number of fused-ring (bicyclic) bond motifs is 1. The second kappa shape index (κ2) is 7.16. The van der Waals surface area contributed by atoms with Gasteiger partial charge in [-0.1, -0.05) is 17.7 Å². The van der Waals surface area contributed by atoms with Crippen molar-refractivity contribution in [1.82, 2.24) is 19.5 Å². The molecular formula is C19H21N5S. The first-order valence-corrected chi connectivity index (χ1v) is 8.98. The Morgan fingerprint density at radius 3 is 2.60 bits per heavy atom. The summed E-state index contributed by atoms with van der Waals surface area (Å²) in [6.45, 7) is 7.08. The van der Waals surface area contributed by atoms with Crippen LogP contribution in [0.4, 0.5) is 5.82 Å². The molecule has 2 N–H and O–H groups in total. The molecule has 0 fully saturated rings. The summed E-state index contributed by atoms with van der Waals surface area (Å²) in [7, 11) is 0. The molecule has 1 aromatic rings. The van der Waals surface area contributed by atoms with Crippen molar-refractivity contribution in [1.29, 1.82) is 0 Å². The highest BCUT2D eigenvalue weighted by Crippen LogP contribution is 2.35. The number of unbranched alkanes of at least 4 members (excludes halogenated alkanes) is 1. The van der Waals surface area contributed by atoms with Crippen LogP contribution in [0.1, 0.15) is 29.5 Å². The van der Waals surface area contributed by atoms with Crippen LogP contribution in [-0.4, -0.2) is 19.5 Å². The van der Waals surface area contributed by atoms with E-state index >= 15 is 0 Å². The van der Waals surface area contributed by atoms with Gasteiger partial charge >= 0.3 is 0 Å². The number of nitrogen functional groups attached to an aromatic ring is 1. The SMILES string of the molecule is C#CCCCn1cnc(N)c2nc(Sc3c(C)cc(C)cc3C)nc1-2. The van der Waals surface area contributed by atoms with Gasteiger partial charge in [0.1, 0.15) is 0 Å². The number of benzene rings is 1. The van der Waals surface area contributed by atoms with E-state index < -0.39 is 0 Å². The lowest BCUT2D eigenvalue weighted by Crippen LogP contribution is -2.08. The molecular weight excluding hydrogens is 330 g/mol. The maximum Gasteiger partial charge on any atom is 0.195 e. The molecule has 0 aliphatic carbocycles. The van der Waals surface area contributed by atoms with E-state index in [1.54, 1.807) is 18.1 Å². The fourth-order valence-electron chi connectivity index (χ4n) is 2.91. The molecule has 2 heterocycles. The first-order chi connectivity index (χ1) is 12.0. The number of aryl methyl sites for hydroxylation is 4. The molecule has 0 amide bonds. The van der Waals surface area contributed by atoms with Gasteiger partial charge in [0.15, 0.2) is 22.5 Å². The summed E-state index contributed by atoms with van der Waals surface area (Å²) in [5.74, 6) is 3.82. The van der Waals surface area contributed by atoms with Crippen molar-refractivity contribution in [2.24, 2.45) is 0 Å². The third-order valence-corrected chi connectivity index (χ3v) is 5.20. The Bertz CT molecular complexity index is 899. The lowest BCUT2D eigenvalue weighted by atomic mass is 10.1. The lowest BCUT2D eigenvalue weighted by Gasteiger charge is -2.09. The van der Waals surface area contributed by atoms with E-state index in [9.17, 15) is 0 Å². The normalized spacial score (nSPS) is 11.0. The van der Waals surface area contributed by atoms with Crippen LogP contribution in [0.15, 0.2) is 28.5 Å². The number of anilines is 1. The first-order valence-electron chi connectivity index (χ1n) is 8.17. The smallest absolute Gasteiger partial charge is 0.195 e. The van der Waals surface area contributed by atoms with Crippen LogP contribution in [0.5, 0.6) is 0 Å². The largest absolute Gasteiger partial charge is 0.382 e. The minimum absolute atomic E-state index is 0.403. The molecule has 128 valence electrons. The zero-order valence-corrected chi connectivity index (χ0v) is 15.5. The summed E-state index contributed by atoms with van der Waals surface area (Å²) in [5.41, 5.74) is 10.4. The Hall–Kier alpha value is -2.52. The van der Waals surface area contributed by atoms with Crippen LogP contribution in [0, 0.1) is 33.1 Å². The predicted octanol–water partition coefficient (Wildman–Crippen LogP) is 3.85. The molecule has 3 rings (SSSR count). The summed E-state index contributed by atoms with van der Waals surface area (Å²) in [5, 5.41) is 0.690. The highest BCUT2D eigenvalue weighted by atomic mass is 32.2. The van der Waals surface area contributed by atoms with Crippen LogP contribution in [0.3, 0.4) is 0 Å². The van der Waals surface area contributed by atoms with Crippen molar-refractivity contribution in [2.75, 3.05) is 5.73 Å². The van der Waals surface area contributed by atoms with E-state index in [2.05, 4.69) is 48.8 Å². The predicted molar refractivity (Wildman–Crippen MR) is 102 cm³/mol. The Balaban J connectivity index is 1.96. The lowest BCUT2D eigenvalue weighted by molar-refractivity contribution is 0.638. The number of nitrogens with two attached hydrogens (primary N) is 1. The van der Waals surface area contributed by atoms with Gasteiger partial charge in [-0.15, -0.1) is 12.3 Å². The molecule has 5 nitrogen and oxygen atoms in total. The van der Waals surface area contributed by atoms with E-state index in [0.717, 1.165) is 25.2 Å².